The van der Waals surface area contributed by atoms with Crippen LogP contribution in [0.3, 0.4) is 0 Å². The minimum Gasteiger partial charge on any atom is -0.354 e. The van der Waals surface area contributed by atoms with Gasteiger partial charge in [0.2, 0.25) is 5.91 Å². The molecule has 1 fully saturated rings. The molecule has 1 amide bonds. The van der Waals surface area contributed by atoms with Gasteiger partial charge < -0.3 is 10.6 Å². The second-order valence-corrected chi connectivity index (χ2v) is 4.74. The van der Waals surface area contributed by atoms with Crippen molar-refractivity contribution < 1.29 is 13.6 Å². The average Bonchev–Trinajstić information content (AvgIpc) is 2.43. The molecule has 1 unspecified atom stereocenters. The van der Waals surface area contributed by atoms with Gasteiger partial charge in [0.05, 0.1) is 6.04 Å². The van der Waals surface area contributed by atoms with Crippen LogP contribution in [0.4, 0.5) is 8.78 Å². The molecule has 1 aliphatic rings. The van der Waals surface area contributed by atoms with Crippen LogP contribution in [-0.2, 0) is 11.2 Å². The number of benzene rings is 1. The zero-order valence-corrected chi connectivity index (χ0v) is 11.9. The van der Waals surface area contributed by atoms with Crippen LogP contribution < -0.4 is 10.6 Å². The fourth-order valence-electron chi connectivity index (χ4n) is 2.28. The predicted molar refractivity (Wildman–Crippen MR) is 76.0 cm³/mol. The van der Waals surface area contributed by atoms with Crippen molar-refractivity contribution in [3.05, 3.63) is 35.4 Å². The Morgan fingerprint density at radius 2 is 2.00 bits per heavy atom. The van der Waals surface area contributed by atoms with Gasteiger partial charge in [0.25, 0.3) is 0 Å². The van der Waals surface area contributed by atoms with E-state index < -0.39 is 11.6 Å². The van der Waals surface area contributed by atoms with Crippen LogP contribution in [0, 0.1) is 11.6 Å². The molecule has 3 nitrogen and oxygen atoms in total. The van der Waals surface area contributed by atoms with Crippen LogP contribution in [0.15, 0.2) is 18.2 Å². The molecule has 6 heteroatoms. The molecule has 0 radical (unpaired) electrons. The van der Waals surface area contributed by atoms with Crippen LogP contribution in [0.5, 0.6) is 0 Å². The summed E-state index contributed by atoms with van der Waals surface area (Å²) in [6.45, 7) is 1.09. The van der Waals surface area contributed by atoms with Gasteiger partial charge in [-0.3, -0.25) is 4.79 Å². The molecule has 1 aliphatic heterocycles. The summed E-state index contributed by atoms with van der Waals surface area (Å²) >= 11 is 0. The van der Waals surface area contributed by atoms with Crippen LogP contribution in [0.25, 0.3) is 0 Å². The predicted octanol–water partition coefficient (Wildman–Crippen LogP) is 2.19. The van der Waals surface area contributed by atoms with Crippen LogP contribution >= 0.6 is 12.4 Å². The second-order valence-electron chi connectivity index (χ2n) is 4.74. The lowest BCUT2D eigenvalue weighted by Crippen LogP contribution is -2.47. The Hall–Kier alpha value is -1.20. The molecule has 0 bridgehead atoms. The highest BCUT2D eigenvalue weighted by atomic mass is 35.5. The molecule has 2 rings (SSSR count). The minimum absolute atomic E-state index is 0. The van der Waals surface area contributed by atoms with Crippen molar-refractivity contribution in [3.63, 3.8) is 0 Å². The maximum atomic E-state index is 13.4. The number of nitrogens with one attached hydrogen (secondary N) is 2. The van der Waals surface area contributed by atoms with Crippen LogP contribution in [0.2, 0.25) is 0 Å². The Balaban J connectivity index is 0.00000200. The van der Waals surface area contributed by atoms with Gasteiger partial charge in [0, 0.05) is 12.1 Å². The SMILES string of the molecule is Cl.O=C(NCCc1c(F)cccc1F)C1CCCCN1. The van der Waals surface area contributed by atoms with E-state index >= 15 is 0 Å². The molecule has 1 saturated heterocycles. The molecule has 1 atom stereocenters. The molecule has 1 heterocycles. The van der Waals surface area contributed by atoms with Crippen LogP contribution in [-0.4, -0.2) is 25.0 Å². The molecule has 112 valence electrons. The van der Waals surface area contributed by atoms with Crippen molar-refractivity contribution in [2.24, 2.45) is 0 Å². The highest BCUT2D eigenvalue weighted by molar-refractivity contribution is 5.85. The first-order valence-electron chi connectivity index (χ1n) is 6.62. The highest BCUT2D eigenvalue weighted by Gasteiger charge is 2.20. The van der Waals surface area contributed by atoms with Crippen molar-refractivity contribution in [2.45, 2.75) is 31.7 Å². The van der Waals surface area contributed by atoms with Gasteiger partial charge in [0.15, 0.2) is 0 Å². The summed E-state index contributed by atoms with van der Waals surface area (Å²) < 4.78 is 26.7. The van der Waals surface area contributed by atoms with Crippen molar-refractivity contribution in [3.8, 4) is 0 Å². The van der Waals surface area contributed by atoms with Crippen LogP contribution in [0.1, 0.15) is 24.8 Å². The minimum atomic E-state index is -0.565. The number of hydrogen-bond donors (Lipinski definition) is 2. The second kappa shape index (κ2) is 8.17. The molecule has 1 aromatic carbocycles. The van der Waals surface area contributed by atoms with E-state index in [2.05, 4.69) is 10.6 Å². The molecule has 0 spiro atoms. The van der Waals surface area contributed by atoms with Gasteiger partial charge in [-0.1, -0.05) is 12.5 Å². The maximum absolute atomic E-state index is 13.4. The molecule has 0 saturated carbocycles. The molecule has 0 aliphatic carbocycles. The third-order valence-electron chi connectivity index (χ3n) is 3.36. The standard InChI is InChI=1S/C14H18F2N2O.ClH/c15-11-4-3-5-12(16)10(11)7-9-18-14(19)13-6-1-2-8-17-13;/h3-5,13,17H,1-2,6-9H2,(H,18,19);1H. The van der Waals surface area contributed by atoms with Crippen molar-refractivity contribution in [1.29, 1.82) is 0 Å². The lowest BCUT2D eigenvalue weighted by molar-refractivity contribution is -0.123. The van der Waals surface area contributed by atoms with E-state index in [9.17, 15) is 13.6 Å². The van der Waals surface area contributed by atoms with Gasteiger partial charge in [-0.2, -0.15) is 0 Å². The first-order valence-corrected chi connectivity index (χ1v) is 6.62. The lowest BCUT2D eigenvalue weighted by Gasteiger charge is -2.22. The Morgan fingerprint density at radius 3 is 2.60 bits per heavy atom. The summed E-state index contributed by atoms with van der Waals surface area (Å²) in [6.07, 6.45) is 3.11. The summed E-state index contributed by atoms with van der Waals surface area (Å²) in [6, 6.07) is 3.61. The zero-order valence-electron chi connectivity index (χ0n) is 11.1. The molecule has 2 N–H and O–H groups in total. The maximum Gasteiger partial charge on any atom is 0.237 e. The quantitative estimate of drug-likeness (QED) is 0.895. The van der Waals surface area contributed by atoms with Gasteiger partial charge in [-0.25, -0.2) is 8.78 Å². The number of carbonyl (C=O) groups excluding carboxylic acids is 1. The molecule has 1 aromatic rings. The van der Waals surface area contributed by atoms with Crippen molar-refractivity contribution >= 4 is 18.3 Å². The number of rotatable bonds is 4. The number of hydrogen-bond acceptors (Lipinski definition) is 2. The molecular weight excluding hydrogens is 286 g/mol. The number of carbonyl (C=O) groups is 1. The summed E-state index contributed by atoms with van der Waals surface area (Å²) in [5, 5.41) is 5.85. The lowest BCUT2D eigenvalue weighted by atomic mass is 10.0. The summed E-state index contributed by atoms with van der Waals surface area (Å²) in [7, 11) is 0. The van der Waals surface area contributed by atoms with Gasteiger partial charge in [0.1, 0.15) is 11.6 Å². The fraction of sp³-hybridized carbons (Fsp3) is 0.500. The monoisotopic (exact) mass is 304 g/mol. The van der Waals surface area contributed by atoms with Crippen molar-refractivity contribution in [1.82, 2.24) is 10.6 Å². The first kappa shape index (κ1) is 16.9. The van der Waals surface area contributed by atoms with E-state index in [1.807, 2.05) is 0 Å². The van der Waals surface area contributed by atoms with E-state index in [1.54, 1.807) is 0 Å². The van der Waals surface area contributed by atoms with E-state index in [0.717, 1.165) is 25.8 Å². The zero-order chi connectivity index (χ0) is 13.7. The third-order valence-corrected chi connectivity index (χ3v) is 3.36. The number of amides is 1. The Labute approximate surface area is 123 Å². The Bertz CT molecular complexity index is 431. The molecule has 20 heavy (non-hydrogen) atoms. The molecule has 0 aromatic heterocycles. The number of halogens is 3. The fourth-order valence-corrected chi connectivity index (χ4v) is 2.28. The van der Waals surface area contributed by atoms with Crippen molar-refractivity contribution in [2.75, 3.05) is 13.1 Å². The summed E-state index contributed by atoms with van der Waals surface area (Å²) in [4.78, 5) is 11.8. The van der Waals surface area contributed by atoms with E-state index in [4.69, 9.17) is 0 Å². The summed E-state index contributed by atoms with van der Waals surface area (Å²) in [5.74, 6) is -1.22. The Morgan fingerprint density at radius 1 is 1.30 bits per heavy atom. The highest BCUT2D eigenvalue weighted by Crippen LogP contribution is 2.12. The molecular formula is C14H19ClF2N2O. The van der Waals surface area contributed by atoms with Gasteiger partial charge >= 0.3 is 0 Å². The third kappa shape index (κ3) is 4.42. The summed E-state index contributed by atoms with van der Waals surface area (Å²) in [5.41, 5.74) is 0.0272. The first-order chi connectivity index (χ1) is 9.18. The normalized spacial score (nSPS) is 18.2. The topological polar surface area (TPSA) is 41.1 Å². The Kier molecular flexibility index (Phi) is 6.88. The van der Waals surface area contributed by atoms with E-state index in [1.165, 1.54) is 18.2 Å². The largest absolute Gasteiger partial charge is 0.354 e. The van der Waals surface area contributed by atoms with E-state index in [0.29, 0.717) is 0 Å². The van der Waals surface area contributed by atoms with Gasteiger partial charge in [-0.05, 0) is 37.9 Å². The van der Waals surface area contributed by atoms with Gasteiger partial charge in [-0.15, -0.1) is 12.4 Å². The average molecular weight is 305 g/mol. The smallest absolute Gasteiger partial charge is 0.237 e. The number of piperidine rings is 1. The van der Waals surface area contributed by atoms with E-state index in [-0.39, 0.29) is 42.9 Å².